The van der Waals surface area contributed by atoms with Crippen molar-refractivity contribution in [3.8, 4) is 11.5 Å². The second kappa shape index (κ2) is 11.4. The zero-order chi connectivity index (χ0) is 27.4. The van der Waals surface area contributed by atoms with Crippen molar-refractivity contribution in [1.82, 2.24) is 0 Å². The Morgan fingerprint density at radius 2 is 1.47 bits per heavy atom. The van der Waals surface area contributed by atoms with Gasteiger partial charge in [0.2, 0.25) is 0 Å². The molecule has 0 aromatic heterocycles. The van der Waals surface area contributed by atoms with E-state index in [4.69, 9.17) is 9.47 Å². The molecule has 7 nitrogen and oxygen atoms in total. The molecule has 0 aliphatic carbocycles. The number of hydrogen-bond acceptors (Lipinski definition) is 6. The largest absolute Gasteiger partial charge is 0.507 e. The normalized spacial score (nSPS) is 16.7. The third-order valence-electron chi connectivity index (χ3n) is 6.63. The molecule has 1 atom stereocenters. The van der Waals surface area contributed by atoms with Crippen molar-refractivity contribution in [2.24, 2.45) is 0 Å². The quantitative estimate of drug-likeness (QED) is 0.216. The first kappa shape index (κ1) is 26.8. The third-order valence-corrected chi connectivity index (χ3v) is 6.63. The van der Waals surface area contributed by atoms with Gasteiger partial charge in [-0.15, -0.1) is 0 Å². The minimum absolute atomic E-state index is 0.00274. The molecular weight excluding hydrogens is 480 g/mol. The van der Waals surface area contributed by atoms with Crippen LogP contribution in [0.2, 0.25) is 0 Å². The maximum atomic E-state index is 13.4. The number of rotatable bonds is 9. The van der Waals surface area contributed by atoms with Crippen LogP contribution in [0.15, 0.2) is 78.4 Å². The predicted octanol–water partition coefficient (Wildman–Crippen LogP) is 5.95. The van der Waals surface area contributed by atoms with Crippen molar-refractivity contribution >= 4 is 28.8 Å². The van der Waals surface area contributed by atoms with Crippen LogP contribution < -0.4 is 19.3 Å². The summed E-state index contributed by atoms with van der Waals surface area (Å²) in [5, 5.41) is 11.4. The molecule has 0 bridgehead atoms. The number of methoxy groups -OCH3 is 1. The number of aliphatic hydroxyl groups excluding tert-OH is 1. The summed E-state index contributed by atoms with van der Waals surface area (Å²) in [7, 11) is 1.57. The smallest absolute Gasteiger partial charge is 0.300 e. The first-order valence-corrected chi connectivity index (χ1v) is 12.9. The maximum Gasteiger partial charge on any atom is 0.300 e. The lowest BCUT2D eigenvalue weighted by molar-refractivity contribution is -0.132. The van der Waals surface area contributed by atoms with Crippen LogP contribution in [-0.2, 0) is 9.59 Å². The monoisotopic (exact) mass is 514 g/mol. The van der Waals surface area contributed by atoms with Crippen molar-refractivity contribution in [2.75, 3.05) is 30.0 Å². The molecule has 1 fully saturated rings. The predicted molar refractivity (Wildman–Crippen MR) is 150 cm³/mol. The second-order valence-corrected chi connectivity index (χ2v) is 9.32. The van der Waals surface area contributed by atoms with Crippen molar-refractivity contribution in [2.45, 2.75) is 39.8 Å². The zero-order valence-electron chi connectivity index (χ0n) is 22.5. The summed E-state index contributed by atoms with van der Waals surface area (Å²) < 4.78 is 11.0. The Morgan fingerprint density at radius 3 is 2.00 bits per heavy atom. The van der Waals surface area contributed by atoms with Crippen LogP contribution in [-0.4, -0.2) is 43.1 Å². The van der Waals surface area contributed by atoms with Crippen LogP contribution in [0, 0.1) is 0 Å². The average Bonchev–Trinajstić information content (AvgIpc) is 3.19. The fourth-order valence-corrected chi connectivity index (χ4v) is 4.73. The minimum atomic E-state index is -0.813. The lowest BCUT2D eigenvalue weighted by Crippen LogP contribution is -2.29. The summed E-state index contributed by atoms with van der Waals surface area (Å²) in [4.78, 5) is 30.5. The number of aliphatic hydroxyl groups is 1. The Morgan fingerprint density at radius 1 is 0.895 bits per heavy atom. The number of ether oxygens (including phenoxy) is 2. The molecule has 1 aliphatic heterocycles. The molecule has 7 heteroatoms. The van der Waals surface area contributed by atoms with E-state index >= 15 is 0 Å². The van der Waals surface area contributed by atoms with Gasteiger partial charge in [-0.25, -0.2) is 0 Å². The summed E-state index contributed by atoms with van der Waals surface area (Å²) in [5.41, 5.74) is 2.74. The van der Waals surface area contributed by atoms with Crippen LogP contribution in [0.3, 0.4) is 0 Å². The molecule has 0 saturated carbocycles. The number of carbonyl (C=O) groups is 2. The maximum absolute atomic E-state index is 13.4. The van der Waals surface area contributed by atoms with E-state index in [1.54, 1.807) is 55.6 Å². The second-order valence-electron chi connectivity index (χ2n) is 9.32. The van der Waals surface area contributed by atoms with Gasteiger partial charge >= 0.3 is 0 Å². The molecule has 38 heavy (non-hydrogen) atoms. The van der Waals surface area contributed by atoms with Crippen molar-refractivity contribution < 1.29 is 24.2 Å². The van der Waals surface area contributed by atoms with Gasteiger partial charge in [-0.05, 0) is 93.9 Å². The third kappa shape index (κ3) is 5.23. The summed E-state index contributed by atoms with van der Waals surface area (Å²) >= 11 is 0. The molecule has 3 aromatic carbocycles. The number of hydrogen-bond donors (Lipinski definition) is 1. The first-order valence-electron chi connectivity index (χ1n) is 12.9. The number of ketones is 1. The van der Waals surface area contributed by atoms with Gasteiger partial charge in [-0.3, -0.25) is 14.5 Å². The molecule has 1 aliphatic rings. The number of carbonyl (C=O) groups excluding carboxylic acids is 2. The standard InChI is InChI=1S/C31H34N2O5/c1-6-32(7-2)23-12-14-24(15-13-23)33-28(21-8-16-25(37-5)17-9-21)27(30(35)31(33)36)29(34)22-10-18-26(19-11-22)38-20(3)4/h8-20,28,34H,6-7H2,1-5H3/b29-27+. The van der Waals surface area contributed by atoms with Crippen molar-refractivity contribution in [3.05, 3.63) is 89.5 Å². The van der Waals surface area contributed by atoms with Crippen LogP contribution >= 0.6 is 0 Å². The molecule has 1 amide bonds. The molecule has 1 saturated heterocycles. The van der Waals surface area contributed by atoms with E-state index < -0.39 is 17.7 Å². The van der Waals surface area contributed by atoms with Crippen LogP contribution in [0.4, 0.5) is 11.4 Å². The molecule has 1 N–H and O–H groups in total. The van der Waals surface area contributed by atoms with Gasteiger partial charge in [-0.2, -0.15) is 0 Å². The Balaban J connectivity index is 1.82. The molecule has 1 unspecified atom stereocenters. The summed E-state index contributed by atoms with van der Waals surface area (Å²) in [6.07, 6.45) is 0.00274. The van der Waals surface area contributed by atoms with E-state index in [0.717, 1.165) is 18.8 Å². The molecule has 0 radical (unpaired) electrons. The van der Waals surface area contributed by atoms with E-state index in [1.165, 1.54) is 4.90 Å². The van der Waals surface area contributed by atoms with Gasteiger partial charge in [0.25, 0.3) is 11.7 Å². The van der Waals surface area contributed by atoms with E-state index in [0.29, 0.717) is 28.3 Å². The van der Waals surface area contributed by atoms with E-state index in [-0.39, 0.29) is 17.4 Å². The lowest BCUT2D eigenvalue weighted by Gasteiger charge is -2.27. The molecule has 198 valence electrons. The SMILES string of the molecule is CCN(CC)c1ccc(N2C(=O)C(=O)/C(=C(/O)c3ccc(OC(C)C)cc3)C2c2ccc(OC)cc2)cc1. The van der Waals surface area contributed by atoms with Crippen LogP contribution in [0.1, 0.15) is 44.9 Å². The van der Waals surface area contributed by atoms with E-state index in [2.05, 4.69) is 18.7 Å². The first-order chi connectivity index (χ1) is 18.3. The van der Waals surface area contributed by atoms with Gasteiger partial charge in [0, 0.05) is 30.0 Å². The Hall–Kier alpha value is -4.26. The zero-order valence-corrected chi connectivity index (χ0v) is 22.5. The number of amides is 1. The molecular formula is C31H34N2O5. The number of Topliss-reactive ketones (excluding diaryl/α,β-unsaturated/α-hetero) is 1. The highest BCUT2D eigenvalue weighted by Gasteiger charge is 2.47. The number of benzene rings is 3. The highest BCUT2D eigenvalue weighted by Crippen LogP contribution is 2.43. The Labute approximate surface area is 223 Å². The topological polar surface area (TPSA) is 79.3 Å². The van der Waals surface area contributed by atoms with Gasteiger partial charge in [0.1, 0.15) is 17.3 Å². The summed E-state index contributed by atoms with van der Waals surface area (Å²) in [5.74, 6) is -0.365. The molecule has 0 spiro atoms. The summed E-state index contributed by atoms with van der Waals surface area (Å²) in [6.45, 7) is 9.74. The molecule has 3 aromatic rings. The fraction of sp³-hybridized carbons (Fsp3) is 0.290. The fourth-order valence-electron chi connectivity index (χ4n) is 4.73. The van der Waals surface area contributed by atoms with Crippen LogP contribution in [0.5, 0.6) is 11.5 Å². The number of anilines is 2. The van der Waals surface area contributed by atoms with Gasteiger partial charge in [-0.1, -0.05) is 12.1 Å². The van der Waals surface area contributed by atoms with Crippen molar-refractivity contribution in [3.63, 3.8) is 0 Å². The Bertz CT molecular complexity index is 1310. The van der Waals surface area contributed by atoms with E-state index in [1.807, 2.05) is 38.1 Å². The highest BCUT2D eigenvalue weighted by atomic mass is 16.5. The summed E-state index contributed by atoms with van der Waals surface area (Å²) in [6, 6.07) is 20.8. The average molecular weight is 515 g/mol. The van der Waals surface area contributed by atoms with Crippen LogP contribution in [0.25, 0.3) is 5.76 Å². The number of nitrogens with zero attached hydrogens (tertiary/aromatic N) is 2. The van der Waals surface area contributed by atoms with Gasteiger partial charge in [0.15, 0.2) is 0 Å². The minimum Gasteiger partial charge on any atom is -0.507 e. The van der Waals surface area contributed by atoms with E-state index in [9.17, 15) is 14.7 Å². The van der Waals surface area contributed by atoms with Gasteiger partial charge < -0.3 is 19.5 Å². The van der Waals surface area contributed by atoms with Crippen molar-refractivity contribution in [1.29, 1.82) is 0 Å². The Kier molecular flexibility index (Phi) is 8.05. The highest BCUT2D eigenvalue weighted by molar-refractivity contribution is 6.51. The molecule has 4 rings (SSSR count). The lowest BCUT2D eigenvalue weighted by atomic mass is 9.95. The van der Waals surface area contributed by atoms with Gasteiger partial charge in [0.05, 0.1) is 24.8 Å². The molecule has 1 heterocycles.